The van der Waals surface area contributed by atoms with Crippen molar-refractivity contribution in [3.63, 3.8) is 0 Å². The second-order valence-electron chi connectivity index (χ2n) is 10.5. The molecule has 5 rings (SSSR count). The van der Waals surface area contributed by atoms with Crippen molar-refractivity contribution in [2.45, 2.75) is 52.2 Å². The van der Waals surface area contributed by atoms with E-state index in [0.29, 0.717) is 36.9 Å². The average Bonchev–Trinajstić information content (AvgIpc) is 3.52. The molecule has 188 valence electrons. The van der Waals surface area contributed by atoms with E-state index in [2.05, 4.69) is 46.2 Å². The van der Waals surface area contributed by atoms with Gasteiger partial charge in [-0.1, -0.05) is 6.07 Å². The minimum Gasteiger partial charge on any atom is -0.493 e. The fourth-order valence-corrected chi connectivity index (χ4v) is 6.40. The number of hydrogen-bond acceptors (Lipinski definition) is 4. The minimum absolute atomic E-state index is 0.0113. The van der Waals surface area contributed by atoms with Crippen molar-refractivity contribution in [1.29, 1.82) is 0 Å². The maximum absolute atomic E-state index is 12.1. The van der Waals surface area contributed by atoms with Crippen LogP contribution in [0.2, 0.25) is 0 Å². The summed E-state index contributed by atoms with van der Waals surface area (Å²) in [5.41, 5.74) is 1.78. The SMILES string of the molecule is CC(=O)N1CCC(C2CCN(CCn3cccc3)C(C)C2COc2ccc3c(c2)C(=O)NC3)CC1. The van der Waals surface area contributed by atoms with E-state index >= 15 is 0 Å². The van der Waals surface area contributed by atoms with Crippen molar-refractivity contribution in [2.24, 2.45) is 17.8 Å². The van der Waals surface area contributed by atoms with Crippen LogP contribution >= 0.6 is 0 Å². The van der Waals surface area contributed by atoms with E-state index in [4.69, 9.17) is 4.74 Å². The molecule has 2 saturated heterocycles. The topological polar surface area (TPSA) is 66.8 Å². The minimum atomic E-state index is -0.0113. The first-order valence-corrected chi connectivity index (χ1v) is 13.1. The van der Waals surface area contributed by atoms with Crippen LogP contribution < -0.4 is 10.1 Å². The molecule has 3 atom stereocenters. The number of carbonyl (C=O) groups excluding carboxylic acids is 2. The lowest BCUT2D eigenvalue weighted by Crippen LogP contribution is -2.53. The summed E-state index contributed by atoms with van der Waals surface area (Å²) in [6.07, 6.45) is 7.59. The zero-order chi connectivity index (χ0) is 24.4. The summed E-state index contributed by atoms with van der Waals surface area (Å²) in [7, 11) is 0. The number of rotatable bonds is 7. The van der Waals surface area contributed by atoms with Crippen molar-refractivity contribution >= 4 is 11.8 Å². The van der Waals surface area contributed by atoms with Crippen LogP contribution in [0.15, 0.2) is 42.7 Å². The van der Waals surface area contributed by atoms with Gasteiger partial charge in [-0.05, 0) is 74.4 Å². The quantitative estimate of drug-likeness (QED) is 0.663. The Morgan fingerprint density at radius 1 is 1.09 bits per heavy atom. The van der Waals surface area contributed by atoms with Gasteiger partial charge in [0, 0.05) is 69.6 Å². The molecule has 0 bridgehead atoms. The van der Waals surface area contributed by atoms with Crippen LogP contribution in [0.4, 0.5) is 0 Å². The number of aromatic nitrogens is 1. The van der Waals surface area contributed by atoms with E-state index in [1.807, 2.05) is 23.1 Å². The predicted octanol–water partition coefficient (Wildman–Crippen LogP) is 3.40. The highest BCUT2D eigenvalue weighted by molar-refractivity contribution is 5.98. The highest BCUT2D eigenvalue weighted by Gasteiger charge is 2.40. The molecular weight excluding hydrogens is 440 g/mol. The van der Waals surface area contributed by atoms with Gasteiger partial charge in [-0.2, -0.15) is 0 Å². The molecule has 2 amide bonds. The van der Waals surface area contributed by atoms with Crippen LogP contribution in [0.1, 0.15) is 49.0 Å². The third-order valence-corrected chi connectivity index (χ3v) is 8.61. The van der Waals surface area contributed by atoms with Crippen LogP contribution in [-0.4, -0.2) is 65.0 Å². The molecule has 0 aliphatic carbocycles. The summed E-state index contributed by atoms with van der Waals surface area (Å²) in [6, 6.07) is 10.5. The van der Waals surface area contributed by atoms with Gasteiger partial charge in [0.15, 0.2) is 0 Å². The molecule has 1 aromatic heterocycles. The summed E-state index contributed by atoms with van der Waals surface area (Å²) in [4.78, 5) is 28.6. The fourth-order valence-electron chi connectivity index (χ4n) is 6.40. The maximum Gasteiger partial charge on any atom is 0.252 e. The average molecular weight is 479 g/mol. The molecule has 2 fully saturated rings. The second kappa shape index (κ2) is 10.4. The number of ether oxygens (including phenoxy) is 1. The Balaban J connectivity index is 1.28. The number of nitrogens with one attached hydrogen (secondary N) is 1. The molecule has 0 radical (unpaired) electrons. The van der Waals surface area contributed by atoms with Crippen LogP contribution in [0, 0.1) is 17.8 Å². The second-order valence-corrected chi connectivity index (χ2v) is 10.5. The third-order valence-electron chi connectivity index (χ3n) is 8.61. The van der Waals surface area contributed by atoms with Crippen molar-refractivity contribution in [3.8, 4) is 5.75 Å². The number of carbonyl (C=O) groups is 2. The smallest absolute Gasteiger partial charge is 0.252 e. The number of hydrogen-bond donors (Lipinski definition) is 1. The molecule has 35 heavy (non-hydrogen) atoms. The first kappa shape index (κ1) is 23.9. The van der Waals surface area contributed by atoms with Gasteiger partial charge >= 0.3 is 0 Å². The van der Waals surface area contributed by atoms with Gasteiger partial charge in [0.2, 0.25) is 5.91 Å². The number of amides is 2. The largest absolute Gasteiger partial charge is 0.493 e. The van der Waals surface area contributed by atoms with Gasteiger partial charge in [-0.25, -0.2) is 0 Å². The Bertz CT molecular complexity index is 1030. The number of piperidine rings is 2. The molecule has 3 aliphatic rings. The molecule has 1 N–H and O–H groups in total. The maximum atomic E-state index is 12.1. The van der Waals surface area contributed by atoms with Gasteiger partial charge in [0.25, 0.3) is 5.91 Å². The van der Waals surface area contributed by atoms with Crippen molar-refractivity contribution in [2.75, 3.05) is 32.8 Å². The summed E-state index contributed by atoms with van der Waals surface area (Å²) < 4.78 is 8.64. The molecule has 7 heteroatoms. The van der Waals surface area contributed by atoms with E-state index in [1.165, 1.54) is 6.42 Å². The Morgan fingerprint density at radius 3 is 2.60 bits per heavy atom. The van der Waals surface area contributed by atoms with Crippen molar-refractivity contribution in [1.82, 2.24) is 19.7 Å². The Morgan fingerprint density at radius 2 is 1.86 bits per heavy atom. The molecular formula is C28H38N4O3. The van der Waals surface area contributed by atoms with Gasteiger partial charge in [0.05, 0.1) is 6.61 Å². The fraction of sp³-hybridized carbons (Fsp3) is 0.571. The van der Waals surface area contributed by atoms with Crippen molar-refractivity contribution < 1.29 is 14.3 Å². The van der Waals surface area contributed by atoms with Crippen LogP contribution in [-0.2, 0) is 17.9 Å². The first-order chi connectivity index (χ1) is 17.0. The van der Waals surface area contributed by atoms with E-state index in [0.717, 1.165) is 62.4 Å². The summed E-state index contributed by atoms with van der Waals surface area (Å²) in [5, 5.41) is 2.89. The van der Waals surface area contributed by atoms with Gasteiger partial charge in [0.1, 0.15) is 5.75 Å². The first-order valence-electron chi connectivity index (χ1n) is 13.1. The highest BCUT2D eigenvalue weighted by Crippen LogP contribution is 2.39. The normalized spacial score (nSPS) is 25.4. The lowest BCUT2D eigenvalue weighted by molar-refractivity contribution is -0.130. The molecule has 7 nitrogen and oxygen atoms in total. The van der Waals surface area contributed by atoms with E-state index in [9.17, 15) is 9.59 Å². The summed E-state index contributed by atoms with van der Waals surface area (Å²) in [6.45, 7) is 10.2. The molecule has 4 heterocycles. The number of likely N-dealkylation sites (tertiary alicyclic amines) is 2. The Hall–Kier alpha value is -2.80. The molecule has 1 aromatic carbocycles. The molecule has 3 unspecified atom stereocenters. The lowest BCUT2D eigenvalue weighted by atomic mass is 9.70. The van der Waals surface area contributed by atoms with E-state index < -0.39 is 0 Å². The van der Waals surface area contributed by atoms with Crippen LogP contribution in [0.5, 0.6) is 5.75 Å². The van der Waals surface area contributed by atoms with Gasteiger partial charge in [-0.3, -0.25) is 14.5 Å². The predicted molar refractivity (Wildman–Crippen MR) is 135 cm³/mol. The number of nitrogens with zero attached hydrogens (tertiary/aromatic N) is 3. The third kappa shape index (κ3) is 5.25. The zero-order valence-corrected chi connectivity index (χ0v) is 21.0. The Labute approximate surface area is 208 Å². The van der Waals surface area contributed by atoms with Crippen LogP contribution in [0.3, 0.4) is 0 Å². The number of fused-ring (bicyclic) bond motifs is 1. The van der Waals surface area contributed by atoms with E-state index in [-0.39, 0.29) is 11.8 Å². The highest BCUT2D eigenvalue weighted by atomic mass is 16.5. The standard InChI is InChI=1S/C28H38N4O3/c1-20-27(19-35-24-6-5-23-18-29-28(34)26(23)17-24)25(22-7-12-32(13-8-22)21(2)33)9-14-31(20)16-15-30-10-3-4-11-30/h3-6,10-11,17,20,22,25,27H,7-9,12-16,18-19H2,1-2H3,(H,29,34). The molecule has 3 aliphatic heterocycles. The summed E-state index contributed by atoms with van der Waals surface area (Å²) in [5.74, 6) is 2.57. The molecule has 0 spiro atoms. The van der Waals surface area contributed by atoms with E-state index in [1.54, 1.807) is 6.92 Å². The van der Waals surface area contributed by atoms with Crippen LogP contribution in [0.25, 0.3) is 0 Å². The zero-order valence-electron chi connectivity index (χ0n) is 21.0. The summed E-state index contributed by atoms with van der Waals surface area (Å²) >= 11 is 0. The van der Waals surface area contributed by atoms with Gasteiger partial charge in [-0.15, -0.1) is 0 Å². The molecule has 2 aromatic rings. The lowest BCUT2D eigenvalue weighted by Gasteiger charge is -2.48. The van der Waals surface area contributed by atoms with Crippen molar-refractivity contribution in [3.05, 3.63) is 53.9 Å². The number of benzene rings is 1. The monoisotopic (exact) mass is 478 g/mol. The Kier molecular flexibility index (Phi) is 7.14. The molecule has 0 saturated carbocycles. The van der Waals surface area contributed by atoms with Gasteiger partial charge < -0.3 is 19.5 Å².